The number of benzene rings is 1. The van der Waals surface area contributed by atoms with Crippen LogP contribution >= 0.6 is 22.6 Å². The maximum absolute atomic E-state index is 8.94. The van der Waals surface area contributed by atoms with Crippen molar-refractivity contribution in [3.8, 4) is 0 Å². The Morgan fingerprint density at radius 1 is 1.58 bits per heavy atom. The molecule has 0 saturated carbocycles. The molecule has 1 aromatic rings. The summed E-state index contributed by atoms with van der Waals surface area (Å²) in [6.45, 7) is 6.03. The van der Waals surface area contributed by atoms with Gasteiger partial charge in [0.1, 0.15) is 0 Å². The van der Waals surface area contributed by atoms with Gasteiger partial charge in [-0.3, -0.25) is 0 Å². The van der Waals surface area contributed by atoms with Gasteiger partial charge in [0.2, 0.25) is 0 Å². The molecule has 1 atom stereocenters. The summed E-state index contributed by atoms with van der Waals surface area (Å²) in [5, 5.41) is 8.94. The first-order valence-corrected chi connectivity index (χ1v) is 4.93. The third-order valence-electron chi connectivity index (χ3n) is 1.81. The van der Waals surface area contributed by atoms with E-state index in [2.05, 4.69) is 47.7 Å². The van der Waals surface area contributed by atoms with Gasteiger partial charge in [-0.15, -0.1) is 0 Å². The molecule has 65 valence electrons. The van der Waals surface area contributed by atoms with Crippen LogP contribution in [0.4, 0.5) is 0 Å². The number of aliphatic hydroxyl groups excluding tert-OH is 1. The Balaban J connectivity index is 3.04. The summed E-state index contributed by atoms with van der Waals surface area (Å²) in [5.41, 5.74) is 2.35. The number of rotatable bonds is 2. The summed E-state index contributed by atoms with van der Waals surface area (Å²) < 4.78 is 1.17. The predicted octanol–water partition coefficient (Wildman–Crippen LogP) is 2.51. The van der Waals surface area contributed by atoms with Crippen LogP contribution in [0.3, 0.4) is 0 Å². The molecule has 0 spiro atoms. The van der Waals surface area contributed by atoms with Crippen LogP contribution in [-0.2, 0) is 0 Å². The minimum atomic E-state index is -0.00296. The second-order valence-corrected chi connectivity index (χ2v) is 4.07. The smallest absolute Gasteiger partial charge is 0.0500 e. The molecule has 0 aromatic heterocycles. The summed E-state index contributed by atoms with van der Waals surface area (Å²) >= 11 is 2.26. The number of halogens is 1. The number of hydrogen-bond donors (Lipinski definition) is 1. The molecule has 1 unspecified atom stereocenters. The fourth-order valence-electron chi connectivity index (χ4n) is 1.07. The van der Waals surface area contributed by atoms with E-state index in [9.17, 15) is 0 Å². The molecule has 1 rings (SSSR count). The molecule has 2 heteroatoms. The fraction of sp³-hybridized carbons (Fsp3) is 0.300. The van der Waals surface area contributed by atoms with Crippen LogP contribution in [0, 0.1) is 17.4 Å². The van der Waals surface area contributed by atoms with E-state index < -0.39 is 0 Å². The van der Waals surface area contributed by atoms with E-state index in [1.54, 1.807) is 0 Å². The first-order chi connectivity index (χ1) is 5.65. The van der Waals surface area contributed by atoms with E-state index in [0.29, 0.717) is 0 Å². The first-order valence-electron chi connectivity index (χ1n) is 3.85. The largest absolute Gasteiger partial charge is 0.396 e. The van der Waals surface area contributed by atoms with Crippen LogP contribution < -0.4 is 0 Å². The zero-order valence-electron chi connectivity index (χ0n) is 7.05. The number of aryl methyl sites for hydroxylation is 1. The van der Waals surface area contributed by atoms with Gasteiger partial charge in [0.05, 0.1) is 0 Å². The summed E-state index contributed by atoms with van der Waals surface area (Å²) in [4.78, 5) is 0. The van der Waals surface area contributed by atoms with Gasteiger partial charge >= 0.3 is 0 Å². The van der Waals surface area contributed by atoms with Crippen LogP contribution in [-0.4, -0.2) is 11.7 Å². The monoisotopic (exact) mass is 275 g/mol. The van der Waals surface area contributed by atoms with Gasteiger partial charge in [0, 0.05) is 16.1 Å². The van der Waals surface area contributed by atoms with E-state index in [1.165, 1.54) is 9.13 Å². The van der Waals surface area contributed by atoms with Gasteiger partial charge < -0.3 is 5.11 Å². The highest BCUT2D eigenvalue weighted by molar-refractivity contribution is 14.1. The van der Waals surface area contributed by atoms with Crippen LogP contribution in [0.25, 0.3) is 0 Å². The molecule has 0 bridgehead atoms. The molecular formula is C10H12IO. The second-order valence-electron chi connectivity index (χ2n) is 2.90. The maximum atomic E-state index is 8.94. The molecule has 0 fully saturated rings. The molecule has 1 nitrogen and oxygen atoms in total. The summed E-state index contributed by atoms with van der Waals surface area (Å²) in [5.74, 6) is -0.00296. The van der Waals surface area contributed by atoms with Crippen molar-refractivity contribution in [2.45, 2.75) is 12.8 Å². The second kappa shape index (κ2) is 4.23. The van der Waals surface area contributed by atoms with E-state index in [1.807, 2.05) is 6.92 Å². The molecule has 0 saturated heterocycles. The molecule has 1 N–H and O–H groups in total. The Labute approximate surface area is 86.9 Å². The van der Waals surface area contributed by atoms with E-state index in [-0.39, 0.29) is 12.5 Å². The lowest BCUT2D eigenvalue weighted by Crippen LogP contribution is -2.01. The van der Waals surface area contributed by atoms with Crippen molar-refractivity contribution in [2.24, 2.45) is 0 Å². The molecule has 0 aliphatic heterocycles. The molecular weight excluding hydrogens is 263 g/mol. The highest BCUT2D eigenvalue weighted by Gasteiger charge is 2.07. The van der Waals surface area contributed by atoms with Crippen molar-refractivity contribution in [3.63, 3.8) is 0 Å². The van der Waals surface area contributed by atoms with Gasteiger partial charge in [-0.1, -0.05) is 17.7 Å². The van der Waals surface area contributed by atoms with Gasteiger partial charge in [0.25, 0.3) is 0 Å². The Bertz CT molecular complexity index is 271. The Kier molecular flexibility index (Phi) is 3.53. The minimum absolute atomic E-state index is 0.00296. The minimum Gasteiger partial charge on any atom is -0.396 e. The summed E-state index contributed by atoms with van der Waals surface area (Å²) in [6, 6.07) is 6.20. The van der Waals surface area contributed by atoms with E-state index in [4.69, 9.17) is 5.11 Å². The van der Waals surface area contributed by atoms with Gasteiger partial charge in [0.15, 0.2) is 0 Å². The van der Waals surface area contributed by atoms with Crippen LogP contribution in [0.1, 0.15) is 17.0 Å². The van der Waals surface area contributed by atoms with Crippen LogP contribution in [0.5, 0.6) is 0 Å². The fourth-order valence-corrected chi connectivity index (χ4v) is 1.85. The average molecular weight is 275 g/mol. The number of aliphatic hydroxyl groups is 1. The molecule has 12 heavy (non-hydrogen) atoms. The van der Waals surface area contributed by atoms with Crippen molar-refractivity contribution in [2.75, 3.05) is 6.61 Å². The molecule has 1 radical (unpaired) electrons. The topological polar surface area (TPSA) is 20.2 Å². The SMILES string of the molecule is [CH2]C(CO)c1cc(C)ccc1I. The highest BCUT2D eigenvalue weighted by atomic mass is 127. The normalized spacial score (nSPS) is 13.0. The Morgan fingerprint density at radius 2 is 2.25 bits per heavy atom. The summed E-state index contributed by atoms with van der Waals surface area (Å²) in [6.07, 6.45) is 0. The van der Waals surface area contributed by atoms with Crippen LogP contribution in [0.15, 0.2) is 18.2 Å². The van der Waals surface area contributed by atoms with Gasteiger partial charge in [-0.25, -0.2) is 0 Å². The van der Waals surface area contributed by atoms with Gasteiger partial charge in [-0.2, -0.15) is 0 Å². The Hall–Kier alpha value is -0.0900. The standard InChI is InChI=1S/C10H12IO/c1-7-3-4-10(11)9(5-7)8(2)6-12/h3-5,8,12H,2,6H2,1H3. The first kappa shape index (κ1) is 9.99. The van der Waals surface area contributed by atoms with E-state index >= 15 is 0 Å². The van der Waals surface area contributed by atoms with Crippen molar-refractivity contribution >= 4 is 22.6 Å². The quantitative estimate of drug-likeness (QED) is 0.822. The third-order valence-corrected chi connectivity index (χ3v) is 2.79. The average Bonchev–Trinajstić information content (AvgIpc) is 2.08. The number of hydrogen-bond acceptors (Lipinski definition) is 1. The molecule has 1 aromatic carbocycles. The predicted molar refractivity (Wildman–Crippen MR) is 59.1 cm³/mol. The zero-order valence-corrected chi connectivity index (χ0v) is 9.21. The molecule has 0 aliphatic rings. The zero-order chi connectivity index (χ0) is 9.14. The van der Waals surface area contributed by atoms with Crippen molar-refractivity contribution < 1.29 is 5.11 Å². The third kappa shape index (κ3) is 2.20. The van der Waals surface area contributed by atoms with Crippen molar-refractivity contribution in [3.05, 3.63) is 39.8 Å². The van der Waals surface area contributed by atoms with Gasteiger partial charge in [-0.05, 0) is 48.1 Å². The lowest BCUT2D eigenvalue weighted by molar-refractivity contribution is 0.282. The van der Waals surface area contributed by atoms with E-state index in [0.717, 1.165) is 5.56 Å². The maximum Gasteiger partial charge on any atom is 0.0500 e. The lowest BCUT2D eigenvalue weighted by atomic mass is 10.0. The van der Waals surface area contributed by atoms with Crippen molar-refractivity contribution in [1.29, 1.82) is 0 Å². The molecule has 0 amide bonds. The van der Waals surface area contributed by atoms with Crippen LogP contribution in [0.2, 0.25) is 0 Å². The summed E-state index contributed by atoms with van der Waals surface area (Å²) in [7, 11) is 0. The van der Waals surface area contributed by atoms with Crippen molar-refractivity contribution in [1.82, 2.24) is 0 Å². The lowest BCUT2D eigenvalue weighted by Gasteiger charge is -2.11. The molecule has 0 aliphatic carbocycles. The highest BCUT2D eigenvalue weighted by Crippen LogP contribution is 2.21. The Morgan fingerprint density at radius 3 is 2.83 bits per heavy atom. The molecule has 0 heterocycles.